The smallest absolute Gasteiger partial charge is 0.293 e. The van der Waals surface area contributed by atoms with Crippen LogP contribution in [0, 0.1) is 10.1 Å². The Morgan fingerprint density at radius 1 is 1.37 bits per heavy atom. The van der Waals surface area contributed by atoms with Gasteiger partial charge in [0.2, 0.25) is 0 Å². The van der Waals surface area contributed by atoms with Crippen molar-refractivity contribution in [1.29, 1.82) is 0 Å². The van der Waals surface area contributed by atoms with Crippen LogP contribution in [-0.2, 0) is 0 Å². The second-order valence-corrected chi connectivity index (χ2v) is 4.59. The first-order chi connectivity index (χ1) is 9.11. The number of carbonyl (C=O) groups excluding carboxylic acids is 1. The topological polar surface area (TPSA) is 110 Å². The molecule has 1 saturated carbocycles. The number of hydrogen-bond donors (Lipinski definition) is 3. The van der Waals surface area contributed by atoms with Gasteiger partial charge in [-0.15, -0.1) is 0 Å². The third-order valence-electron chi connectivity index (χ3n) is 3.30. The quantitative estimate of drug-likeness (QED) is 0.434. The molecule has 1 aromatic carbocycles. The van der Waals surface area contributed by atoms with Crippen LogP contribution in [0.3, 0.4) is 0 Å². The van der Waals surface area contributed by atoms with Crippen LogP contribution in [0.5, 0.6) is 0 Å². The van der Waals surface area contributed by atoms with E-state index in [2.05, 4.69) is 10.7 Å². The molecule has 1 aromatic rings. The van der Waals surface area contributed by atoms with Gasteiger partial charge in [-0.1, -0.05) is 12.8 Å². The van der Waals surface area contributed by atoms with Gasteiger partial charge in [-0.25, -0.2) is 0 Å². The van der Waals surface area contributed by atoms with Gasteiger partial charge in [0.1, 0.15) is 5.69 Å². The molecule has 102 valence electrons. The third-order valence-corrected chi connectivity index (χ3v) is 3.30. The Morgan fingerprint density at radius 2 is 2.05 bits per heavy atom. The summed E-state index contributed by atoms with van der Waals surface area (Å²) in [6, 6.07) is 4.31. The highest BCUT2D eigenvalue weighted by atomic mass is 16.6. The van der Waals surface area contributed by atoms with Crippen LogP contribution in [0.4, 0.5) is 11.4 Å². The maximum Gasteiger partial charge on any atom is 0.293 e. The summed E-state index contributed by atoms with van der Waals surface area (Å²) in [4.78, 5) is 22.2. The van der Waals surface area contributed by atoms with Crippen LogP contribution in [0.15, 0.2) is 18.2 Å². The molecule has 0 bridgehead atoms. The Labute approximate surface area is 110 Å². The molecule has 0 aliphatic heterocycles. The molecule has 7 heteroatoms. The lowest BCUT2D eigenvalue weighted by molar-refractivity contribution is -0.384. The molecule has 1 aliphatic carbocycles. The van der Waals surface area contributed by atoms with E-state index in [1.807, 2.05) is 0 Å². The highest BCUT2D eigenvalue weighted by Gasteiger charge is 2.20. The number of benzene rings is 1. The first kappa shape index (κ1) is 13.3. The van der Waals surface area contributed by atoms with Gasteiger partial charge in [0.25, 0.3) is 11.6 Å². The molecule has 4 N–H and O–H groups in total. The average Bonchev–Trinajstić information content (AvgIpc) is 2.90. The van der Waals surface area contributed by atoms with E-state index < -0.39 is 4.92 Å². The van der Waals surface area contributed by atoms with E-state index in [-0.39, 0.29) is 23.3 Å². The number of amides is 1. The Kier molecular flexibility index (Phi) is 3.96. The molecule has 7 nitrogen and oxygen atoms in total. The fraction of sp³-hybridized carbons (Fsp3) is 0.417. The van der Waals surface area contributed by atoms with Crippen molar-refractivity contribution in [2.24, 2.45) is 5.84 Å². The molecule has 0 atom stereocenters. The number of carbonyl (C=O) groups is 1. The van der Waals surface area contributed by atoms with Crippen LogP contribution >= 0.6 is 0 Å². The van der Waals surface area contributed by atoms with Crippen LogP contribution in [0.2, 0.25) is 0 Å². The van der Waals surface area contributed by atoms with Crippen molar-refractivity contribution in [2.45, 2.75) is 31.7 Å². The third kappa shape index (κ3) is 3.00. The number of nitro groups is 1. The zero-order chi connectivity index (χ0) is 13.8. The summed E-state index contributed by atoms with van der Waals surface area (Å²) in [6.45, 7) is 0. The second-order valence-electron chi connectivity index (χ2n) is 4.59. The van der Waals surface area contributed by atoms with Gasteiger partial charge in [-0.2, -0.15) is 0 Å². The molecule has 0 saturated heterocycles. The summed E-state index contributed by atoms with van der Waals surface area (Å²) in [7, 11) is 0. The number of nitrogens with two attached hydrogens (primary N) is 1. The lowest BCUT2D eigenvalue weighted by Crippen LogP contribution is -2.32. The highest BCUT2D eigenvalue weighted by Crippen LogP contribution is 2.25. The zero-order valence-electron chi connectivity index (χ0n) is 10.4. The second kappa shape index (κ2) is 5.66. The Bertz CT molecular complexity index is 498. The largest absolute Gasteiger partial charge is 0.349 e. The summed E-state index contributed by atoms with van der Waals surface area (Å²) in [6.07, 6.45) is 4.23. The molecule has 0 radical (unpaired) electrons. The number of anilines is 1. The SMILES string of the molecule is NNc1cc(C(=O)NC2CCCC2)ccc1[N+](=O)[O-]. The summed E-state index contributed by atoms with van der Waals surface area (Å²) < 4.78 is 0. The molecule has 0 unspecified atom stereocenters. The summed E-state index contributed by atoms with van der Waals surface area (Å²) in [5.41, 5.74) is 2.59. The summed E-state index contributed by atoms with van der Waals surface area (Å²) >= 11 is 0. The van der Waals surface area contributed by atoms with E-state index in [1.165, 1.54) is 18.2 Å². The predicted octanol–water partition coefficient (Wildman–Crippen LogP) is 1.55. The van der Waals surface area contributed by atoms with Gasteiger partial charge in [0.05, 0.1) is 4.92 Å². The Balaban J connectivity index is 2.15. The molecule has 0 heterocycles. The fourth-order valence-corrected chi connectivity index (χ4v) is 2.29. The summed E-state index contributed by atoms with van der Waals surface area (Å²) in [5.74, 6) is 5.01. The van der Waals surface area contributed by atoms with E-state index in [1.54, 1.807) is 0 Å². The molecule has 0 spiro atoms. The molecular weight excluding hydrogens is 248 g/mol. The number of nitrogens with zero attached hydrogens (tertiary/aromatic N) is 1. The minimum Gasteiger partial charge on any atom is -0.349 e. The maximum atomic E-state index is 12.0. The summed E-state index contributed by atoms with van der Waals surface area (Å²) in [5, 5.41) is 13.7. The van der Waals surface area contributed by atoms with Crippen molar-refractivity contribution in [1.82, 2.24) is 5.32 Å². The first-order valence-corrected chi connectivity index (χ1v) is 6.17. The number of hydrazine groups is 1. The Hall–Kier alpha value is -2.15. The average molecular weight is 264 g/mol. The fourth-order valence-electron chi connectivity index (χ4n) is 2.29. The van der Waals surface area contributed by atoms with Crippen molar-refractivity contribution in [3.63, 3.8) is 0 Å². The lowest BCUT2D eigenvalue weighted by atomic mass is 10.1. The highest BCUT2D eigenvalue weighted by molar-refractivity contribution is 5.96. The van der Waals surface area contributed by atoms with Crippen molar-refractivity contribution >= 4 is 17.3 Å². The number of rotatable bonds is 4. The molecule has 1 fully saturated rings. The van der Waals surface area contributed by atoms with E-state index in [0.29, 0.717) is 5.56 Å². The van der Waals surface area contributed by atoms with Gasteiger partial charge in [-0.3, -0.25) is 20.8 Å². The Morgan fingerprint density at radius 3 is 2.63 bits per heavy atom. The van der Waals surface area contributed by atoms with Gasteiger partial charge in [0.15, 0.2) is 0 Å². The molecule has 2 rings (SSSR count). The van der Waals surface area contributed by atoms with Gasteiger partial charge in [0, 0.05) is 17.7 Å². The van der Waals surface area contributed by atoms with Crippen LogP contribution in [-0.4, -0.2) is 16.9 Å². The zero-order valence-corrected chi connectivity index (χ0v) is 10.4. The molecule has 1 aliphatic rings. The van der Waals surface area contributed by atoms with E-state index in [0.717, 1.165) is 25.7 Å². The van der Waals surface area contributed by atoms with E-state index in [9.17, 15) is 14.9 Å². The van der Waals surface area contributed by atoms with Crippen molar-refractivity contribution in [3.8, 4) is 0 Å². The van der Waals surface area contributed by atoms with Crippen molar-refractivity contribution in [2.75, 3.05) is 5.43 Å². The van der Waals surface area contributed by atoms with E-state index in [4.69, 9.17) is 5.84 Å². The maximum absolute atomic E-state index is 12.0. The predicted molar refractivity (Wildman–Crippen MR) is 70.6 cm³/mol. The monoisotopic (exact) mass is 264 g/mol. The van der Waals surface area contributed by atoms with E-state index >= 15 is 0 Å². The van der Waals surface area contributed by atoms with Crippen LogP contribution < -0.4 is 16.6 Å². The van der Waals surface area contributed by atoms with Gasteiger partial charge >= 0.3 is 0 Å². The number of nitrogen functional groups attached to an aromatic ring is 1. The van der Waals surface area contributed by atoms with Crippen molar-refractivity contribution in [3.05, 3.63) is 33.9 Å². The van der Waals surface area contributed by atoms with Crippen LogP contribution in [0.25, 0.3) is 0 Å². The number of nitrogens with one attached hydrogen (secondary N) is 2. The molecule has 19 heavy (non-hydrogen) atoms. The van der Waals surface area contributed by atoms with Gasteiger partial charge < -0.3 is 10.7 Å². The lowest BCUT2D eigenvalue weighted by Gasteiger charge is -2.12. The number of hydrogen-bond acceptors (Lipinski definition) is 5. The molecule has 1 amide bonds. The normalized spacial score (nSPS) is 15.2. The standard InChI is InChI=1S/C12H16N4O3/c13-15-10-7-8(5-6-11(10)16(18)19)12(17)14-9-3-1-2-4-9/h5-7,9,15H,1-4,13H2,(H,14,17). The minimum atomic E-state index is -0.548. The minimum absolute atomic E-state index is 0.129. The molecular formula is C12H16N4O3. The van der Waals surface area contributed by atoms with Crippen LogP contribution in [0.1, 0.15) is 36.0 Å². The first-order valence-electron chi connectivity index (χ1n) is 6.17. The van der Waals surface area contributed by atoms with Gasteiger partial charge in [-0.05, 0) is 25.0 Å². The molecule has 0 aromatic heterocycles. The van der Waals surface area contributed by atoms with Crippen molar-refractivity contribution < 1.29 is 9.72 Å². The number of nitro benzene ring substituents is 1.